The molecule has 1 aromatic heterocycles. The number of anilines is 3. The minimum atomic E-state index is -0.00780. The van der Waals surface area contributed by atoms with E-state index in [1.54, 1.807) is 0 Å². The highest BCUT2D eigenvalue weighted by Crippen LogP contribution is 2.48. The van der Waals surface area contributed by atoms with E-state index in [0.717, 1.165) is 11.2 Å². The monoisotopic (exact) mass is 749 g/mol. The maximum Gasteiger partial charge on any atom is 0.294 e. The topological polar surface area (TPSA) is 16.4 Å². The standard InChI is InChI=1S/C53H40BNOS/c1-4-15-34(16-5-1)39-32-47-50-48(33-39)57-52-44-30-29-42-41-24-11-10-17-35(41)27-28-43(42)51(44)56-53(52)54(50)45-25-12-13-26-46(45)55(47)40-23-14-22-38(31-40)49(36-18-6-2-7-19-36)37-20-8-3-9-21-37/h2-3,6-14,17-34,49H,1,4-5,15-16H2. The van der Waals surface area contributed by atoms with Crippen molar-refractivity contribution in [3.8, 4) is 0 Å². The lowest BCUT2D eigenvalue weighted by Crippen LogP contribution is -2.59. The van der Waals surface area contributed by atoms with Crippen LogP contribution in [0.2, 0.25) is 0 Å². The third kappa shape index (κ3) is 5.27. The van der Waals surface area contributed by atoms with Gasteiger partial charge in [0.2, 0.25) is 0 Å². The fraction of sp³-hybridized carbons (Fsp3) is 0.132. The van der Waals surface area contributed by atoms with Gasteiger partial charge in [-0.05, 0) is 111 Å². The van der Waals surface area contributed by atoms with Crippen LogP contribution in [0.1, 0.15) is 66.2 Å². The van der Waals surface area contributed by atoms with Gasteiger partial charge in [-0.2, -0.15) is 0 Å². The first kappa shape index (κ1) is 33.2. The molecule has 2 nitrogen and oxygen atoms in total. The van der Waals surface area contributed by atoms with Crippen molar-refractivity contribution in [2.24, 2.45) is 0 Å². The highest BCUT2D eigenvalue weighted by Gasteiger charge is 2.44. The molecule has 272 valence electrons. The predicted molar refractivity (Wildman–Crippen MR) is 241 cm³/mol. The SMILES string of the molecule is c1ccc(C(c2ccccc2)c2cccc(N3c4ccccc4B4c5oc6c(ccc7c8ccccc8ccc76)c5Sc5cc(C6CCCCC6)cc3c54)c2)cc1. The third-order valence-corrected chi connectivity index (χ3v) is 14.2. The number of rotatable bonds is 5. The second-order valence-corrected chi connectivity index (χ2v) is 17.2. The Kier molecular flexibility index (Phi) is 7.76. The van der Waals surface area contributed by atoms with Crippen LogP contribution in [-0.2, 0) is 0 Å². The van der Waals surface area contributed by atoms with Gasteiger partial charge in [-0.15, -0.1) is 0 Å². The van der Waals surface area contributed by atoms with E-state index in [1.807, 2.05) is 11.8 Å². The Morgan fingerprint density at radius 3 is 2.09 bits per heavy atom. The maximum atomic E-state index is 7.26. The number of para-hydroxylation sites is 1. The molecule has 1 fully saturated rings. The Hall–Kier alpha value is -5.97. The molecular formula is C53H40BNOS. The molecule has 9 aromatic rings. The summed E-state index contributed by atoms with van der Waals surface area (Å²) in [5.41, 5.74) is 13.8. The molecule has 57 heavy (non-hydrogen) atoms. The van der Waals surface area contributed by atoms with Crippen LogP contribution in [0.15, 0.2) is 184 Å². The molecule has 0 spiro atoms. The Balaban J connectivity index is 1.08. The van der Waals surface area contributed by atoms with E-state index in [2.05, 4.69) is 175 Å². The molecule has 8 aromatic carbocycles. The molecule has 1 aliphatic carbocycles. The lowest BCUT2D eigenvalue weighted by atomic mass is 9.37. The first-order chi connectivity index (χ1) is 28.3. The smallest absolute Gasteiger partial charge is 0.294 e. The quantitative estimate of drug-likeness (QED) is 0.0990. The lowest BCUT2D eigenvalue weighted by Gasteiger charge is -2.40. The molecule has 2 aliphatic heterocycles. The van der Waals surface area contributed by atoms with Gasteiger partial charge in [0.05, 0.1) is 10.6 Å². The van der Waals surface area contributed by atoms with Gasteiger partial charge in [-0.1, -0.05) is 158 Å². The summed E-state index contributed by atoms with van der Waals surface area (Å²) in [6.45, 7) is -0.00780. The van der Waals surface area contributed by atoms with E-state index in [0.29, 0.717) is 5.92 Å². The largest absolute Gasteiger partial charge is 0.468 e. The van der Waals surface area contributed by atoms with Gasteiger partial charge in [0.15, 0.2) is 0 Å². The van der Waals surface area contributed by atoms with Crippen molar-refractivity contribution in [2.45, 2.75) is 53.7 Å². The summed E-state index contributed by atoms with van der Waals surface area (Å²) >= 11 is 1.93. The van der Waals surface area contributed by atoms with Crippen LogP contribution < -0.4 is 21.5 Å². The second-order valence-electron chi connectivity index (χ2n) is 16.2. The number of benzene rings is 8. The molecule has 12 rings (SSSR count). The molecule has 0 radical (unpaired) electrons. The normalized spacial score (nSPS) is 15.0. The zero-order valence-corrected chi connectivity index (χ0v) is 32.5. The third-order valence-electron chi connectivity index (χ3n) is 13.0. The van der Waals surface area contributed by atoms with E-state index in [-0.39, 0.29) is 12.6 Å². The van der Waals surface area contributed by atoms with E-state index < -0.39 is 0 Å². The molecule has 0 bridgehead atoms. The maximum absolute atomic E-state index is 7.26. The molecule has 4 heteroatoms. The molecule has 1 saturated carbocycles. The number of nitrogens with zero attached hydrogens (tertiary/aromatic N) is 1. The van der Waals surface area contributed by atoms with Crippen molar-refractivity contribution < 1.29 is 4.42 Å². The van der Waals surface area contributed by atoms with Crippen LogP contribution in [0.25, 0.3) is 32.5 Å². The van der Waals surface area contributed by atoms with Crippen LogP contribution in [0, 0.1) is 0 Å². The minimum absolute atomic E-state index is 0.00780. The molecule has 0 unspecified atom stereocenters. The molecule has 0 saturated heterocycles. The van der Waals surface area contributed by atoms with Gasteiger partial charge in [-0.25, -0.2) is 0 Å². The molecule has 3 aliphatic rings. The van der Waals surface area contributed by atoms with Crippen LogP contribution in [0.3, 0.4) is 0 Å². The molecular weight excluding hydrogens is 709 g/mol. The summed E-state index contributed by atoms with van der Waals surface area (Å²) in [4.78, 5) is 5.21. The first-order valence-electron chi connectivity index (χ1n) is 20.6. The van der Waals surface area contributed by atoms with Crippen molar-refractivity contribution in [2.75, 3.05) is 4.90 Å². The van der Waals surface area contributed by atoms with Crippen LogP contribution in [-0.4, -0.2) is 6.71 Å². The van der Waals surface area contributed by atoms with Gasteiger partial charge in [-0.3, -0.25) is 0 Å². The minimum Gasteiger partial charge on any atom is -0.468 e. The van der Waals surface area contributed by atoms with E-state index in [9.17, 15) is 0 Å². The number of furan rings is 1. The fourth-order valence-electron chi connectivity index (χ4n) is 10.4. The summed E-state index contributed by atoms with van der Waals surface area (Å²) in [6, 6.07) is 63.3. The van der Waals surface area contributed by atoms with Crippen molar-refractivity contribution in [3.63, 3.8) is 0 Å². The number of hydrogen-bond acceptors (Lipinski definition) is 3. The summed E-state index contributed by atoms with van der Waals surface area (Å²) in [5.74, 6) is 0.688. The van der Waals surface area contributed by atoms with Crippen molar-refractivity contribution >= 4 is 84.6 Å². The van der Waals surface area contributed by atoms with Gasteiger partial charge in [0.25, 0.3) is 6.71 Å². The van der Waals surface area contributed by atoms with Crippen LogP contribution in [0.4, 0.5) is 17.1 Å². The second kappa shape index (κ2) is 13.3. The number of fused-ring (bicyclic) bond motifs is 10. The molecule has 0 amide bonds. The molecule has 0 N–H and O–H groups in total. The summed E-state index contributed by atoms with van der Waals surface area (Å²) < 4.78 is 7.26. The first-order valence-corrected chi connectivity index (χ1v) is 21.4. The highest BCUT2D eigenvalue weighted by molar-refractivity contribution is 8.00. The average molecular weight is 750 g/mol. The Morgan fingerprint density at radius 1 is 0.561 bits per heavy atom. The summed E-state index contributed by atoms with van der Waals surface area (Å²) in [6.07, 6.45) is 6.47. The lowest BCUT2D eigenvalue weighted by molar-refractivity contribution is 0.443. The van der Waals surface area contributed by atoms with E-state index in [1.165, 1.54) is 119 Å². The zero-order chi connectivity index (χ0) is 37.5. The zero-order valence-electron chi connectivity index (χ0n) is 31.7. The van der Waals surface area contributed by atoms with Crippen molar-refractivity contribution in [1.29, 1.82) is 0 Å². The van der Waals surface area contributed by atoms with Gasteiger partial charge in [0, 0.05) is 38.6 Å². The van der Waals surface area contributed by atoms with E-state index in [4.69, 9.17) is 4.42 Å². The van der Waals surface area contributed by atoms with Crippen molar-refractivity contribution in [1.82, 2.24) is 0 Å². The van der Waals surface area contributed by atoms with Gasteiger partial charge >= 0.3 is 0 Å². The van der Waals surface area contributed by atoms with Crippen molar-refractivity contribution in [3.05, 3.63) is 192 Å². The van der Waals surface area contributed by atoms with Gasteiger partial charge in [0.1, 0.15) is 5.58 Å². The van der Waals surface area contributed by atoms with Crippen LogP contribution in [0.5, 0.6) is 0 Å². The number of hydrogen-bond donors (Lipinski definition) is 0. The molecule has 3 heterocycles. The summed E-state index contributed by atoms with van der Waals surface area (Å²) in [5, 5.41) is 6.17. The highest BCUT2D eigenvalue weighted by atomic mass is 32.2. The summed E-state index contributed by atoms with van der Waals surface area (Å²) in [7, 11) is 0. The van der Waals surface area contributed by atoms with Gasteiger partial charge < -0.3 is 9.32 Å². The predicted octanol–water partition coefficient (Wildman–Crippen LogP) is 12.7. The Morgan fingerprint density at radius 2 is 1.26 bits per heavy atom. The fourth-order valence-corrected chi connectivity index (χ4v) is 11.7. The van der Waals surface area contributed by atoms with E-state index >= 15 is 0 Å². The Labute approximate surface area is 338 Å². The molecule has 0 atom stereocenters. The average Bonchev–Trinajstić information content (AvgIpc) is 3.66. The van der Waals surface area contributed by atoms with Crippen LogP contribution >= 0.6 is 11.8 Å². The Bertz CT molecular complexity index is 2960.